The van der Waals surface area contributed by atoms with E-state index in [4.69, 9.17) is 9.47 Å². The highest BCUT2D eigenvalue weighted by Crippen LogP contribution is 2.17. The van der Waals surface area contributed by atoms with Crippen LogP contribution in [0.25, 0.3) is 0 Å². The molecule has 0 saturated carbocycles. The predicted molar refractivity (Wildman–Crippen MR) is 99.9 cm³/mol. The molecule has 0 radical (unpaired) electrons. The predicted octanol–water partition coefficient (Wildman–Crippen LogP) is 1.29. The molecule has 1 aromatic carbocycles. The molecule has 0 saturated heterocycles. The maximum Gasteiger partial charge on any atom is 0.239 e. The first kappa shape index (κ1) is 20.8. The fourth-order valence-corrected chi connectivity index (χ4v) is 2.09. The highest BCUT2D eigenvalue weighted by molar-refractivity contribution is 5.86. The second-order valence-electron chi connectivity index (χ2n) is 6.52. The summed E-state index contributed by atoms with van der Waals surface area (Å²) in [5, 5.41) is 8.96. The Kier molecular flexibility index (Phi) is 8.77. The summed E-state index contributed by atoms with van der Waals surface area (Å²) >= 11 is 0. The van der Waals surface area contributed by atoms with Crippen LogP contribution in [0.5, 0.6) is 5.75 Å². The Morgan fingerprint density at radius 3 is 2.56 bits per heavy atom. The lowest BCUT2D eigenvalue weighted by atomic mass is 10.1. The summed E-state index contributed by atoms with van der Waals surface area (Å²) in [6.45, 7) is 7.55. The molecular weight excluding hydrogens is 320 g/mol. The molecule has 140 valence electrons. The third-order valence-electron chi connectivity index (χ3n) is 3.14. The number of nitrogens with zero attached hydrogens (tertiary/aromatic N) is 1. The van der Waals surface area contributed by atoms with Gasteiger partial charge in [-0.1, -0.05) is 18.2 Å². The van der Waals surface area contributed by atoms with Crippen LogP contribution in [0.15, 0.2) is 29.3 Å². The minimum absolute atomic E-state index is 0.0807. The molecule has 7 nitrogen and oxygen atoms in total. The summed E-state index contributed by atoms with van der Waals surface area (Å²) in [4.78, 5) is 15.9. The topological polar surface area (TPSA) is 84.0 Å². The van der Waals surface area contributed by atoms with Crippen molar-refractivity contribution in [3.05, 3.63) is 29.8 Å². The van der Waals surface area contributed by atoms with Crippen LogP contribution in [0.1, 0.15) is 26.3 Å². The number of benzene rings is 1. The van der Waals surface area contributed by atoms with Gasteiger partial charge in [0.25, 0.3) is 0 Å². The summed E-state index contributed by atoms with van der Waals surface area (Å²) in [6, 6.07) is 7.76. The van der Waals surface area contributed by atoms with E-state index in [1.165, 1.54) is 0 Å². The maximum absolute atomic E-state index is 11.8. The van der Waals surface area contributed by atoms with Crippen LogP contribution in [0.4, 0.5) is 0 Å². The molecule has 0 unspecified atom stereocenters. The van der Waals surface area contributed by atoms with Gasteiger partial charge in [0.1, 0.15) is 5.75 Å². The van der Waals surface area contributed by atoms with Crippen molar-refractivity contribution in [1.82, 2.24) is 16.0 Å². The molecule has 25 heavy (non-hydrogen) atoms. The van der Waals surface area contributed by atoms with E-state index < -0.39 is 0 Å². The number of aliphatic imine (C=N–C) groups is 1. The number of hydrogen-bond donors (Lipinski definition) is 3. The van der Waals surface area contributed by atoms with Crippen molar-refractivity contribution >= 4 is 11.9 Å². The number of ether oxygens (including phenoxy) is 2. The molecule has 0 fully saturated rings. The number of nitrogens with one attached hydrogen (secondary N) is 3. The van der Waals surface area contributed by atoms with Crippen LogP contribution in [0.3, 0.4) is 0 Å². The van der Waals surface area contributed by atoms with E-state index in [0.29, 0.717) is 25.7 Å². The first-order chi connectivity index (χ1) is 11.9. The number of carbonyl (C=O) groups is 1. The molecule has 0 aliphatic heterocycles. The Hall–Kier alpha value is -2.28. The Morgan fingerprint density at radius 2 is 1.92 bits per heavy atom. The van der Waals surface area contributed by atoms with Crippen LogP contribution in [-0.2, 0) is 16.1 Å². The maximum atomic E-state index is 11.8. The summed E-state index contributed by atoms with van der Waals surface area (Å²) in [7, 11) is 3.30. The van der Waals surface area contributed by atoms with Crippen molar-refractivity contribution in [2.24, 2.45) is 4.99 Å². The number of hydrogen-bond acceptors (Lipinski definition) is 4. The summed E-state index contributed by atoms with van der Waals surface area (Å²) < 4.78 is 10.9. The molecule has 7 heteroatoms. The molecule has 0 atom stereocenters. The fraction of sp³-hybridized carbons (Fsp3) is 0.556. The lowest BCUT2D eigenvalue weighted by Gasteiger charge is -2.21. The van der Waals surface area contributed by atoms with E-state index in [-0.39, 0.29) is 18.0 Å². The molecule has 3 N–H and O–H groups in total. The lowest BCUT2D eigenvalue weighted by molar-refractivity contribution is -0.121. The monoisotopic (exact) mass is 350 g/mol. The van der Waals surface area contributed by atoms with Gasteiger partial charge in [0.2, 0.25) is 5.91 Å². The Labute approximate surface area is 150 Å². The van der Waals surface area contributed by atoms with Gasteiger partial charge in [-0.15, -0.1) is 0 Å². The van der Waals surface area contributed by atoms with E-state index in [2.05, 4.69) is 20.9 Å². The van der Waals surface area contributed by atoms with Gasteiger partial charge in [0, 0.05) is 24.7 Å². The van der Waals surface area contributed by atoms with Crippen LogP contribution in [0.2, 0.25) is 0 Å². The first-order valence-corrected chi connectivity index (χ1v) is 8.31. The van der Waals surface area contributed by atoms with Gasteiger partial charge in [-0.3, -0.25) is 9.79 Å². The van der Waals surface area contributed by atoms with Crippen molar-refractivity contribution in [3.8, 4) is 5.75 Å². The Morgan fingerprint density at radius 1 is 1.20 bits per heavy atom. The Bertz CT molecular complexity index is 568. The molecule has 0 aliphatic carbocycles. The van der Waals surface area contributed by atoms with Crippen molar-refractivity contribution in [2.75, 3.05) is 33.9 Å². The van der Waals surface area contributed by atoms with Crippen LogP contribution < -0.4 is 20.7 Å². The standard InChI is InChI=1S/C18H30N4O3/c1-18(2,3)22-16(23)12-21-17(19-4)20-10-11-25-13-14-8-6-7-9-15(14)24-5/h6-9H,10-13H2,1-5H3,(H,22,23)(H2,19,20,21). The van der Waals surface area contributed by atoms with Crippen molar-refractivity contribution in [2.45, 2.75) is 32.9 Å². The summed E-state index contributed by atoms with van der Waals surface area (Å²) in [6.07, 6.45) is 0. The molecule has 1 aromatic rings. The van der Waals surface area contributed by atoms with Crippen molar-refractivity contribution in [3.63, 3.8) is 0 Å². The summed E-state index contributed by atoms with van der Waals surface area (Å²) in [5.74, 6) is 1.30. The number of rotatable bonds is 8. The molecule has 1 rings (SSSR count). The minimum Gasteiger partial charge on any atom is -0.496 e. The van der Waals surface area contributed by atoms with E-state index >= 15 is 0 Å². The molecule has 0 aromatic heterocycles. The minimum atomic E-state index is -0.248. The highest BCUT2D eigenvalue weighted by atomic mass is 16.5. The van der Waals surface area contributed by atoms with Crippen molar-refractivity contribution < 1.29 is 14.3 Å². The van der Waals surface area contributed by atoms with Gasteiger partial charge in [-0.05, 0) is 26.8 Å². The number of carbonyl (C=O) groups excluding carboxylic acids is 1. The van der Waals surface area contributed by atoms with E-state index in [0.717, 1.165) is 11.3 Å². The van der Waals surface area contributed by atoms with Gasteiger partial charge >= 0.3 is 0 Å². The summed E-state index contributed by atoms with van der Waals surface area (Å²) in [5.41, 5.74) is 0.758. The van der Waals surface area contributed by atoms with Gasteiger partial charge in [0.15, 0.2) is 5.96 Å². The zero-order chi connectivity index (χ0) is 18.7. The van der Waals surface area contributed by atoms with E-state index in [1.54, 1.807) is 14.2 Å². The smallest absolute Gasteiger partial charge is 0.239 e. The fourth-order valence-electron chi connectivity index (χ4n) is 2.09. The molecule has 1 amide bonds. The third-order valence-corrected chi connectivity index (χ3v) is 3.14. The van der Waals surface area contributed by atoms with Crippen LogP contribution >= 0.6 is 0 Å². The van der Waals surface area contributed by atoms with Crippen molar-refractivity contribution in [1.29, 1.82) is 0 Å². The average Bonchev–Trinajstić information content (AvgIpc) is 2.56. The highest BCUT2D eigenvalue weighted by Gasteiger charge is 2.13. The normalized spacial score (nSPS) is 11.8. The SMILES string of the molecule is CN=C(NCCOCc1ccccc1OC)NCC(=O)NC(C)(C)C. The zero-order valence-corrected chi connectivity index (χ0v) is 15.8. The number of methoxy groups -OCH3 is 1. The third kappa shape index (κ3) is 8.95. The first-order valence-electron chi connectivity index (χ1n) is 8.31. The second kappa shape index (κ2) is 10.6. The second-order valence-corrected chi connectivity index (χ2v) is 6.52. The van der Waals surface area contributed by atoms with E-state index in [1.807, 2.05) is 45.0 Å². The largest absolute Gasteiger partial charge is 0.496 e. The molecular formula is C18H30N4O3. The average molecular weight is 350 g/mol. The van der Waals surface area contributed by atoms with Gasteiger partial charge in [-0.25, -0.2) is 0 Å². The van der Waals surface area contributed by atoms with E-state index in [9.17, 15) is 4.79 Å². The number of guanidine groups is 1. The Balaban J connectivity index is 2.24. The lowest BCUT2D eigenvalue weighted by Crippen LogP contribution is -2.48. The molecule has 0 spiro atoms. The van der Waals surface area contributed by atoms with Crippen LogP contribution in [-0.4, -0.2) is 51.3 Å². The van der Waals surface area contributed by atoms with Gasteiger partial charge < -0.3 is 25.4 Å². The van der Waals surface area contributed by atoms with Gasteiger partial charge in [-0.2, -0.15) is 0 Å². The van der Waals surface area contributed by atoms with Gasteiger partial charge in [0.05, 0.1) is 26.9 Å². The molecule has 0 heterocycles. The number of para-hydroxylation sites is 1. The quantitative estimate of drug-likeness (QED) is 0.374. The molecule has 0 bridgehead atoms. The zero-order valence-electron chi connectivity index (χ0n) is 15.8. The number of amides is 1. The molecule has 0 aliphatic rings. The van der Waals surface area contributed by atoms with Crippen LogP contribution in [0, 0.1) is 0 Å².